The van der Waals surface area contributed by atoms with E-state index in [0.29, 0.717) is 27.4 Å². The highest BCUT2D eigenvalue weighted by atomic mass is 79.9. The molecule has 0 saturated carbocycles. The first-order valence-corrected chi connectivity index (χ1v) is 10.6. The van der Waals surface area contributed by atoms with Gasteiger partial charge in [-0.2, -0.15) is 0 Å². The summed E-state index contributed by atoms with van der Waals surface area (Å²) in [4.78, 5) is 25.5. The average Bonchev–Trinajstić information content (AvgIpc) is 3.11. The third-order valence-corrected chi connectivity index (χ3v) is 5.44. The fourth-order valence-electron chi connectivity index (χ4n) is 2.71. The first kappa shape index (κ1) is 21.1. The van der Waals surface area contributed by atoms with E-state index in [9.17, 15) is 9.59 Å². The number of rotatable bonds is 6. The summed E-state index contributed by atoms with van der Waals surface area (Å²) in [5, 5.41) is 5.15. The Balaban J connectivity index is 1.97. The van der Waals surface area contributed by atoms with E-state index in [1.54, 1.807) is 45.2 Å². The highest BCUT2D eigenvalue weighted by molar-refractivity contribution is 9.10. The minimum atomic E-state index is -0.471. The standard InChI is InChI=1S/C22H20BrNO4S/c1-13(2)28-22(26)19-18(15-5-4-6-16(23)11-15)12-29-21(19)24-20(25)14-7-9-17(27-3)10-8-14/h4-13H,1-3H3,(H,24,25). The van der Waals surface area contributed by atoms with Crippen LogP contribution in [0.5, 0.6) is 5.75 Å². The van der Waals surface area contributed by atoms with Crippen molar-refractivity contribution in [1.82, 2.24) is 0 Å². The van der Waals surface area contributed by atoms with Gasteiger partial charge >= 0.3 is 5.97 Å². The van der Waals surface area contributed by atoms with Gasteiger partial charge in [0, 0.05) is 21.0 Å². The van der Waals surface area contributed by atoms with Gasteiger partial charge in [0.05, 0.1) is 13.2 Å². The molecular weight excluding hydrogens is 454 g/mol. The first-order chi connectivity index (χ1) is 13.9. The molecule has 0 unspecified atom stereocenters. The highest BCUT2D eigenvalue weighted by Crippen LogP contribution is 2.37. The molecule has 1 amide bonds. The lowest BCUT2D eigenvalue weighted by atomic mass is 10.0. The van der Waals surface area contributed by atoms with E-state index in [2.05, 4.69) is 21.2 Å². The fraction of sp³-hybridized carbons (Fsp3) is 0.182. The van der Waals surface area contributed by atoms with E-state index in [0.717, 1.165) is 10.0 Å². The average molecular weight is 474 g/mol. The Morgan fingerprint density at radius 3 is 2.45 bits per heavy atom. The summed E-state index contributed by atoms with van der Waals surface area (Å²) >= 11 is 4.75. The lowest BCUT2D eigenvalue weighted by molar-refractivity contribution is 0.0380. The fourth-order valence-corrected chi connectivity index (χ4v) is 4.06. The summed E-state index contributed by atoms with van der Waals surface area (Å²) in [6.45, 7) is 3.58. The van der Waals surface area contributed by atoms with Crippen molar-refractivity contribution in [2.45, 2.75) is 20.0 Å². The van der Waals surface area contributed by atoms with Crippen molar-refractivity contribution in [2.24, 2.45) is 0 Å². The summed E-state index contributed by atoms with van der Waals surface area (Å²) in [5.41, 5.74) is 2.39. The Morgan fingerprint density at radius 1 is 1.10 bits per heavy atom. The zero-order valence-electron chi connectivity index (χ0n) is 16.2. The lowest BCUT2D eigenvalue weighted by Gasteiger charge is -2.12. The van der Waals surface area contributed by atoms with Crippen molar-refractivity contribution in [1.29, 1.82) is 0 Å². The van der Waals surface area contributed by atoms with Crippen molar-refractivity contribution < 1.29 is 19.1 Å². The molecule has 5 nitrogen and oxygen atoms in total. The van der Waals surface area contributed by atoms with Crippen molar-refractivity contribution >= 4 is 44.1 Å². The molecular formula is C22H20BrNO4S. The summed E-state index contributed by atoms with van der Waals surface area (Å²) < 4.78 is 11.5. The highest BCUT2D eigenvalue weighted by Gasteiger charge is 2.24. The monoisotopic (exact) mass is 473 g/mol. The summed E-state index contributed by atoms with van der Waals surface area (Å²) in [6.07, 6.45) is -0.275. The van der Waals surface area contributed by atoms with Crippen LogP contribution < -0.4 is 10.1 Å². The molecule has 2 aromatic carbocycles. The zero-order chi connectivity index (χ0) is 21.0. The van der Waals surface area contributed by atoms with Gasteiger partial charge in [-0.3, -0.25) is 4.79 Å². The molecule has 0 aliphatic carbocycles. The number of anilines is 1. The summed E-state index contributed by atoms with van der Waals surface area (Å²) in [6, 6.07) is 14.4. The van der Waals surface area contributed by atoms with Gasteiger partial charge in [-0.15, -0.1) is 11.3 Å². The number of hydrogen-bond donors (Lipinski definition) is 1. The molecule has 1 aromatic heterocycles. The zero-order valence-corrected chi connectivity index (χ0v) is 18.6. The van der Waals surface area contributed by atoms with Crippen LogP contribution >= 0.6 is 27.3 Å². The second kappa shape index (κ2) is 9.24. The predicted molar refractivity (Wildman–Crippen MR) is 119 cm³/mol. The Bertz CT molecular complexity index is 1030. The van der Waals surface area contributed by atoms with Gasteiger partial charge in [-0.05, 0) is 55.8 Å². The van der Waals surface area contributed by atoms with Crippen molar-refractivity contribution in [3.63, 3.8) is 0 Å². The molecule has 0 aliphatic rings. The molecule has 29 heavy (non-hydrogen) atoms. The molecule has 3 rings (SSSR count). The molecule has 0 aliphatic heterocycles. The van der Waals surface area contributed by atoms with Gasteiger partial charge in [0.2, 0.25) is 0 Å². The Kier molecular flexibility index (Phi) is 6.71. The van der Waals surface area contributed by atoms with Gasteiger partial charge in [-0.1, -0.05) is 28.1 Å². The second-order valence-corrected chi connectivity index (χ2v) is 8.30. The molecule has 150 valence electrons. The van der Waals surface area contributed by atoms with Gasteiger partial charge in [-0.25, -0.2) is 4.79 Å². The largest absolute Gasteiger partial charge is 0.497 e. The Labute approximate surface area is 181 Å². The number of benzene rings is 2. The molecule has 0 atom stereocenters. The number of amides is 1. The normalized spacial score (nSPS) is 10.7. The van der Waals surface area contributed by atoms with Gasteiger partial charge < -0.3 is 14.8 Å². The van der Waals surface area contributed by atoms with Gasteiger partial charge in [0.25, 0.3) is 5.91 Å². The van der Waals surface area contributed by atoms with Crippen LogP contribution in [0.1, 0.15) is 34.6 Å². The van der Waals surface area contributed by atoms with Crippen molar-refractivity contribution in [2.75, 3.05) is 12.4 Å². The van der Waals surface area contributed by atoms with Gasteiger partial charge in [0.15, 0.2) is 0 Å². The second-order valence-electron chi connectivity index (χ2n) is 6.50. The lowest BCUT2D eigenvalue weighted by Crippen LogP contribution is -2.16. The van der Waals surface area contributed by atoms with Crippen LogP contribution in [0.3, 0.4) is 0 Å². The molecule has 0 radical (unpaired) electrons. The van der Waals surface area contributed by atoms with Crippen LogP contribution in [0.15, 0.2) is 58.4 Å². The number of hydrogen-bond acceptors (Lipinski definition) is 5. The van der Waals surface area contributed by atoms with E-state index in [1.165, 1.54) is 11.3 Å². The molecule has 0 fully saturated rings. The number of esters is 1. The molecule has 0 spiro atoms. The molecule has 0 bridgehead atoms. The van der Waals surface area contributed by atoms with Crippen molar-refractivity contribution in [3.8, 4) is 16.9 Å². The van der Waals surface area contributed by atoms with E-state index in [-0.39, 0.29) is 12.0 Å². The van der Waals surface area contributed by atoms with Crippen LogP contribution in [-0.2, 0) is 4.74 Å². The maximum atomic E-state index is 12.8. The first-order valence-electron chi connectivity index (χ1n) is 8.93. The van der Waals surface area contributed by atoms with Crippen LogP contribution in [0, 0.1) is 0 Å². The third-order valence-electron chi connectivity index (χ3n) is 4.05. The number of carbonyl (C=O) groups excluding carboxylic acids is 2. The number of methoxy groups -OCH3 is 1. The summed E-state index contributed by atoms with van der Waals surface area (Å²) in [5.74, 6) is -0.119. The molecule has 1 N–H and O–H groups in total. The van der Waals surface area contributed by atoms with Crippen LogP contribution in [0.2, 0.25) is 0 Å². The summed E-state index contributed by atoms with van der Waals surface area (Å²) in [7, 11) is 1.57. The molecule has 3 aromatic rings. The van der Waals surface area contributed by atoms with Crippen molar-refractivity contribution in [3.05, 3.63) is 69.5 Å². The third kappa shape index (κ3) is 5.05. The number of thiophene rings is 1. The smallest absolute Gasteiger partial charge is 0.342 e. The van der Waals surface area contributed by atoms with Gasteiger partial charge in [0.1, 0.15) is 16.3 Å². The SMILES string of the molecule is COc1ccc(C(=O)Nc2scc(-c3cccc(Br)c3)c2C(=O)OC(C)C)cc1. The van der Waals surface area contributed by atoms with E-state index >= 15 is 0 Å². The number of ether oxygens (including phenoxy) is 2. The minimum absolute atomic E-state index is 0.275. The minimum Gasteiger partial charge on any atom is -0.497 e. The molecule has 7 heteroatoms. The maximum Gasteiger partial charge on any atom is 0.342 e. The van der Waals surface area contributed by atoms with E-state index in [4.69, 9.17) is 9.47 Å². The predicted octanol–water partition coefficient (Wildman–Crippen LogP) is 6.00. The number of halogens is 1. The number of carbonyl (C=O) groups is 2. The topological polar surface area (TPSA) is 64.6 Å². The van der Waals surface area contributed by atoms with Crippen LogP contribution in [-0.4, -0.2) is 25.1 Å². The van der Waals surface area contributed by atoms with E-state index in [1.807, 2.05) is 29.6 Å². The Morgan fingerprint density at radius 2 is 1.83 bits per heavy atom. The van der Waals surface area contributed by atoms with Crippen LogP contribution in [0.4, 0.5) is 5.00 Å². The van der Waals surface area contributed by atoms with Crippen LogP contribution in [0.25, 0.3) is 11.1 Å². The number of nitrogens with one attached hydrogen (secondary N) is 1. The molecule has 1 heterocycles. The quantitative estimate of drug-likeness (QED) is 0.445. The van der Waals surface area contributed by atoms with E-state index < -0.39 is 5.97 Å². The Hall–Kier alpha value is -2.64. The molecule has 0 saturated heterocycles. The maximum absolute atomic E-state index is 12.8.